The molecule has 1 heteroatoms. The van der Waals surface area contributed by atoms with Gasteiger partial charge in [-0.15, -0.1) is 0 Å². The van der Waals surface area contributed by atoms with Crippen LogP contribution in [0.5, 0.6) is 0 Å². The molecule has 2 aromatic rings. The largest absolute Gasteiger partial charge is 0.372 e. The fourth-order valence-electron chi connectivity index (χ4n) is 2.85. The molecule has 0 amide bonds. The van der Waals surface area contributed by atoms with Crippen LogP contribution >= 0.6 is 0 Å². The molecule has 20 heavy (non-hydrogen) atoms. The van der Waals surface area contributed by atoms with Gasteiger partial charge in [0.05, 0.1) is 0 Å². The van der Waals surface area contributed by atoms with Crippen LogP contribution in [0.4, 0.5) is 5.69 Å². The monoisotopic (exact) mass is 263 g/mol. The van der Waals surface area contributed by atoms with E-state index in [0.29, 0.717) is 0 Å². The van der Waals surface area contributed by atoms with Crippen molar-refractivity contribution < 1.29 is 0 Å². The molecule has 3 rings (SSSR count). The summed E-state index contributed by atoms with van der Waals surface area (Å²) in [6.07, 6.45) is 6.87. The molecular formula is C19H21N. The van der Waals surface area contributed by atoms with Gasteiger partial charge in [0.15, 0.2) is 0 Å². The number of benzene rings is 2. The highest BCUT2D eigenvalue weighted by molar-refractivity contribution is 5.69. The molecule has 1 heterocycles. The summed E-state index contributed by atoms with van der Waals surface area (Å²) in [5.74, 6) is 0. The van der Waals surface area contributed by atoms with E-state index in [4.69, 9.17) is 0 Å². The van der Waals surface area contributed by atoms with Gasteiger partial charge in [-0.3, -0.25) is 0 Å². The van der Waals surface area contributed by atoms with Crippen molar-refractivity contribution in [2.45, 2.75) is 19.8 Å². The maximum absolute atomic E-state index is 2.47. The van der Waals surface area contributed by atoms with Gasteiger partial charge in [0, 0.05) is 18.8 Å². The first-order valence-electron chi connectivity index (χ1n) is 7.45. The Morgan fingerprint density at radius 2 is 1.65 bits per heavy atom. The molecule has 0 spiro atoms. The number of allylic oxidation sites excluding steroid dienone is 1. The lowest BCUT2D eigenvalue weighted by atomic mass is 10.0. The maximum atomic E-state index is 2.47. The van der Waals surface area contributed by atoms with Gasteiger partial charge in [-0.25, -0.2) is 0 Å². The molecule has 0 N–H and O–H groups in total. The SMILES string of the molecule is C/C=C/c1cccc(-c2ccc(N3CCCC3)cc2)c1. The van der Waals surface area contributed by atoms with Crippen molar-refractivity contribution in [1.29, 1.82) is 0 Å². The summed E-state index contributed by atoms with van der Waals surface area (Å²) in [5, 5.41) is 0. The smallest absolute Gasteiger partial charge is 0.0366 e. The van der Waals surface area contributed by atoms with Gasteiger partial charge < -0.3 is 4.90 Å². The van der Waals surface area contributed by atoms with Crippen molar-refractivity contribution in [2.75, 3.05) is 18.0 Å². The van der Waals surface area contributed by atoms with Crippen molar-refractivity contribution >= 4 is 11.8 Å². The van der Waals surface area contributed by atoms with E-state index < -0.39 is 0 Å². The van der Waals surface area contributed by atoms with Crippen molar-refractivity contribution in [3.05, 3.63) is 60.2 Å². The van der Waals surface area contributed by atoms with Crippen LogP contribution in [0.25, 0.3) is 17.2 Å². The zero-order valence-corrected chi connectivity index (χ0v) is 12.0. The van der Waals surface area contributed by atoms with Crippen LogP contribution in [0, 0.1) is 0 Å². The first kappa shape index (κ1) is 13.0. The van der Waals surface area contributed by atoms with Crippen molar-refractivity contribution in [3.63, 3.8) is 0 Å². The maximum Gasteiger partial charge on any atom is 0.0366 e. The Hall–Kier alpha value is -2.02. The number of hydrogen-bond donors (Lipinski definition) is 0. The van der Waals surface area contributed by atoms with Gasteiger partial charge in [0.1, 0.15) is 0 Å². The quantitative estimate of drug-likeness (QED) is 0.754. The van der Waals surface area contributed by atoms with E-state index in [-0.39, 0.29) is 0 Å². The second-order valence-electron chi connectivity index (χ2n) is 5.37. The second-order valence-corrected chi connectivity index (χ2v) is 5.37. The van der Waals surface area contributed by atoms with E-state index in [1.54, 1.807) is 0 Å². The van der Waals surface area contributed by atoms with E-state index in [1.165, 1.54) is 48.3 Å². The Labute approximate surface area is 121 Å². The van der Waals surface area contributed by atoms with Crippen molar-refractivity contribution in [1.82, 2.24) is 0 Å². The van der Waals surface area contributed by atoms with Crippen molar-refractivity contribution in [2.24, 2.45) is 0 Å². The van der Waals surface area contributed by atoms with E-state index in [2.05, 4.69) is 72.5 Å². The molecule has 1 saturated heterocycles. The highest BCUT2D eigenvalue weighted by Gasteiger charge is 2.11. The van der Waals surface area contributed by atoms with Gasteiger partial charge >= 0.3 is 0 Å². The summed E-state index contributed by atoms with van der Waals surface area (Å²) in [7, 11) is 0. The molecule has 0 aromatic heterocycles. The van der Waals surface area contributed by atoms with Crippen LogP contribution in [-0.2, 0) is 0 Å². The lowest BCUT2D eigenvalue weighted by molar-refractivity contribution is 0.949. The lowest BCUT2D eigenvalue weighted by Gasteiger charge is -2.17. The average Bonchev–Trinajstić information content (AvgIpc) is 3.02. The summed E-state index contributed by atoms with van der Waals surface area (Å²) in [4.78, 5) is 2.47. The predicted molar refractivity (Wildman–Crippen MR) is 88.0 cm³/mol. The van der Waals surface area contributed by atoms with Crippen LogP contribution in [0.1, 0.15) is 25.3 Å². The van der Waals surface area contributed by atoms with Crippen LogP contribution in [0.15, 0.2) is 54.6 Å². The predicted octanol–water partition coefficient (Wildman–Crippen LogP) is 4.99. The molecule has 1 nitrogen and oxygen atoms in total. The van der Waals surface area contributed by atoms with E-state index in [0.717, 1.165) is 0 Å². The Bertz CT molecular complexity index is 589. The summed E-state index contributed by atoms with van der Waals surface area (Å²) >= 11 is 0. The summed E-state index contributed by atoms with van der Waals surface area (Å²) < 4.78 is 0. The molecule has 1 aliphatic rings. The number of nitrogens with zero attached hydrogens (tertiary/aromatic N) is 1. The third-order valence-corrected chi connectivity index (χ3v) is 3.92. The molecule has 2 aromatic carbocycles. The summed E-state index contributed by atoms with van der Waals surface area (Å²) in [6.45, 7) is 4.46. The average molecular weight is 263 g/mol. The number of rotatable bonds is 3. The Morgan fingerprint density at radius 1 is 0.900 bits per heavy atom. The van der Waals surface area contributed by atoms with Crippen LogP contribution in [0.3, 0.4) is 0 Å². The minimum absolute atomic E-state index is 1.20. The van der Waals surface area contributed by atoms with Gasteiger partial charge in [0.25, 0.3) is 0 Å². The Morgan fingerprint density at radius 3 is 2.35 bits per heavy atom. The molecule has 0 radical (unpaired) electrons. The first-order chi connectivity index (χ1) is 9.86. The molecular weight excluding hydrogens is 242 g/mol. The van der Waals surface area contributed by atoms with E-state index >= 15 is 0 Å². The Kier molecular flexibility index (Phi) is 3.87. The fraction of sp³-hybridized carbons (Fsp3) is 0.263. The van der Waals surface area contributed by atoms with E-state index in [9.17, 15) is 0 Å². The zero-order valence-electron chi connectivity index (χ0n) is 12.0. The fourth-order valence-corrected chi connectivity index (χ4v) is 2.85. The zero-order chi connectivity index (χ0) is 13.8. The van der Waals surface area contributed by atoms with Crippen molar-refractivity contribution in [3.8, 4) is 11.1 Å². The number of hydrogen-bond acceptors (Lipinski definition) is 1. The van der Waals surface area contributed by atoms with Gasteiger partial charge in [-0.05, 0) is 54.7 Å². The molecule has 0 saturated carbocycles. The normalized spacial score (nSPS) is 15.2. The van der Waals surface area contributed by atoms with Crippen LogP contribution in [-0.4, -0.2) is 13.1 Å². The van der Waals surface area contributed by atoms with Gasteiger partial charge in [-0.2, -0.15) is 0 Å². The van der Waals surface area contributed by atoms with Gasteiger partial charge in [-0.1, -0.05) is 42.5 Å². The third kappa shape index (κ3) is 2.77. The topological polar surface area (TPSA) is 3.24 Å². The summed E-state index contributed by atoms with van der Waals surface area (Å²) in [5.41, 5.74) is 5.19. The second kappa shape index (κ2) is 5.96. The molecule has 0 bridgehead atoms. The van der Waals surface area contributed by atoms with Crippen LogP contribution < -0.4 is 4.90 Å². The highest BCUT2D eigenvalue weighted by Crippen LogP contribution is 2.26. The summed E-state index contributed by atoms with van der Waals surface area (Å²) in [6, 6.07) is 17.7. The van der Waals surface area contributed by atoms with Gasteiger partial charge in [0.2, 0.25) is 0 Å². The molecule has 0 atom stereocenters. The first-order valence-corrected chi connectivity index (χ1v) is 7.45. The molecule has 102 valence electrons. The molecule has 1 aliphatic heterocycles. The molecule has 1 fully saturated rings. The third-order valence-electron chi connectivity index (χ3n) is 3.92. The molecule has 0 unspecified atom stereocenters. The lowest BCUT2D eigenvalue weighted by Crippen LogP contribution is -2.17. The Balaban J connectivity index is 1.85. The van der Waals surface area contributed by atoms with Crippen LogP contribution in [0.2, 0.25) is 0 Å². The van der Waals surface area contributed by atoms with E-state index in [1.807, 2.05) is 0 Å². The molecule has 0 aliphatic carbocycles. The minimum atomic E-state index is 1.20. The number of anilines is 1. The minimum Gasteiger partial charge on any atom is -0.372 e. The standard InChI is InChI=1S/C19H21N/c1-2-6-16-7-5-8-18(15-16)17-9-11-19(12-10-17)20-13-3-4-14-20/h2,5-12,15H,3-4,13-14H2,1H3/b6-2+. The highest BCUT2D eigenvalue weighted by atomic mass is 15.1.